The van der Waals surface area contributed by atoms with E-state index in [4.69, 9.17) is 10.5 Å². The number of aryl methyl sites for hydroxylation is 2. The van der Waals surface area contributed by atoms with Gasteiger partial charge in [0.25, 0.3) is 0 Å². The van der Waals surface area contributed by atoms with Crippen molar-refractivity contribution in [2.24, 2.45) is 10.7 Å². The fourth-order valence-electron chi connectivity index (χ4n) is 1.53. The van der Waals surface area contributed by atoms with Gasteiger partial charge >= 0.3 is 0 Å². The highest BCUT2D eigenvalue weighted by Gasteiger charge is 2.02. The smallest absolute Gasteiger partial charge is 0.189 e. The molecule has 0 aliphatic rings. The lowest BCUT2D eigenvalue weighted by Crippen LogP contribution is -2.40. The minimum atomic E-state index is 0.145. The first-order valence-corrected chi connectivity index (χ1v) is 6.01. The zero-order valence-electron chi connectivity index (χ0n) is 11.5. The Morgan fingerprint density at radius 2 is 2.22 bits per heavy atom. The molecule has 5 nitrogen and oxygen atoms in total. The number of ether oxygens (including phenoxy) is 1. The highest BCUT2D eigenvalue weighted by molar-refractivity contribution is 5.78. The molecule has 0 aliphatic carbocycles. The van der Waals surface area contributed by atoms with Crippen molar-refractivity contribution in [2.75, 3.05) is 13.7 Å². The molecular formula is C13H22N4O. The Hall–Kier alpha value is -1.62. The maximum absolute atomic E-state index is 5.78. The molecule has 5 heteroatoms. The van der Waals surface area contributed by atoms with E-state index < -0.39 is 0 Å². The zero-order chi connectivity index (χ0) is 13.5. The van der Waals surface area contributed by atoms with Crippen molar-refractivity contribution in [1.82, 2.24) is 10.3 Å². The van der Waals surface area contributed by atoms with E-state index in [-0.39, 0.29) is 6.04 Å². The van der Waals surface area contributed by atoms with Crippen molar-refractivity contribution in [3.63, 3.8) is 0 Å². The number of methoxy groups -OCH3 is 1. The number of aliphatic imine (C=N–C) groups is 1. The van der Waals surface area contributed by atoms with Crippen LogP contribution in [0.25, 0.3) is 0 Å². The molecule has 100 valence electrons. The van der Waals surface area contributed by atoms with E-state index in [1.165, 1.54) is 5.56 Å². The van der Waals surface area contributed by atoms with Crippen LogP contribution in [0.4, 0.5) is 0 Å². The Bertz CT molecular complexity index is 417. The van der Waals surface area contributed by atoms with E-state index in [9.17, 15) is 0 Å². The Kier molecular flexibility index (Phi) is 5.58. The third kappa shape index (κ3) is 4.71. The van der Waals surface area contributed by atoms with Gasteiger partial charge in [0.05, 0.1) is 18.8 Å². The molecule has 0 fully saturated rings. The van der Waals surface area contributed by atoms with E-state index in [0.717, 1.165) is 11.4 Å². The first kappa shape index (κ1) is 14.4. The number of hydrogen-bond donors (Lipinski definition) is 2. The van der Waals surface area contributed by atoms with Crippen LogP contribution >= 0.6 is 0 Å². The summed E-state index contributed by atoms with van der Waals surface area (Å²) in [7, 11) is 1.66. The number of pyridine rings is 1. The van der Waals surface area contributed by atoms with Crippen molar-refractivity contribution in [1.29, 1.82) is 0 Å². The van der Waals surface area contributed by atoms with Gasteiger partial charge in [-0.3, -0.25) is 4.98 Å². The van der Waals surface area contributed by atoms with Gasteiger partial charge in [-0.25, -0.2) is 4.99 Å². The normalized spacial score (nSPS) is 13.4. The molecule has 0 aromatic carbocycles. The van der Waals surface area contributed by atoms with Crippen molar-refractivity contribution in [2.45, 2.75) is 33.4 Å². The van der Waals surface area contributed by atoms with E-state index in [2.05, 4.69) is 15.3 Å². The van der Waals surface area contributed by atoms with Crippen LogP contribution in [0.3, 0.4) is 0 Å². The fourth-order valence-corrected chi connectivity index (χ4v) is 1.53. The molecule has 1 aromatic heterocycles. The second-order valence-corrected chi connectivity index (χ2v) is 4.41. The Balaban J connectivity index is 2.54. The number of aromatic nitrogens is 1. The van der Waals surface area contributed by atoms with Crippen LogP contribution in [-0.4, -0.2) is 30.7 Å². The summed E-state index contributed by atoms with van der Waals surface area (Å²) in [6.07, 6.45) is 0. The standard InChI is InChI=1S/C13H22N4O/c1-9-5-6-12(17-11(9)3)7-15-13(14)16-10(2)8-18-4/h5-6,10H,7-8H2,1-4H3,(H3,14,15,16). The molecule has 0 saturated heterocycles. The van der Waals surface area contributed by atoms with Gasteiger partial charge in [0.2, 0.25) is 0 Å². The predicted molar refractivity (Wildman–Crippen MR) is 73.5 cm³/mol. The van der Waals surface area contributed by atoms with E-state index >= 15 is 0 Å². The summed E-state index contributed by atoms with van der Waals surface area (Å²) in [5.74, 6) is 0.416. The fraction of sp³-hybridized carbons (Fsp3) is 0.538. The first-order valence-electron chi connectivity index (χ1n) is 6.01. The molecule has 0 radical (unpaired) electrons. The number of rotatable bonds is 5. The molecule has 1 unspecified atom stereocenters. The average molecular weight is 250 g/mol. The number of nitrogens with two attached hydrogens (primary N) is 1. The van der Waals surface area contributed by atoms with Crippen molar-refractivity contribution >= 4 is 5.96 Å². The third-order valence-corrected chi connectivity index (χ3v) is 2.63. The van der Waals surface area contributed by atoms with Crippen LogP contribution < -0.4 is 11.1 Å². The lowest BCUT2D eigenvalue weighted by molar-refractivity contribution is 0.179. The van der Waals surface area contributed by atoms with Crippen molar-refractivity contribution in [3.05, 3.63) is 29.1 Å². The molecule has 0 saturated carbocycles. The molecule has 1 heterocycles. The first-order chi connectivity index (χ1) is 8.52. The molecule has 1 aromatic rings. The number of nitrogens with zero attached hydrogens (tertiary/aromatic N) is 2. The lowest BCUT2D eigenvalue weighted by atomic mass is 10.2. The summed E-state index contributed by atoms with van der Waals surface area (Å²) in [6, 6.07) is 4.16. The van der Waals surface area contributed by atoms with Crippen LogP contribution in [0.5, 0.6) is 0 Å². The van der Waals surface area contributed by atoms with Crippen LogP contribution in [0.2, 0.25) is 0 Å². The maximum atomic E-state index is 5.78. The Morgan fingerprint density at radius 1 is 1.50 bits per heavy atom. The molecule has 0 bridgehead atoms. The number of nitrogens with one attached hydrogen (secondary N) is 1. The van der Waals surface area contributed by atoms with Gasteiger partial charge in [0.1, 0.15) is 0 Å². The predicted octanol–water partition coefficient (Wildman–Crippen LogP) is 1.14. The summed E-state index contributed by atoms with van der Waals surface area (Å²) in [4.78, 5) is 8.70. The number of hydrogen-bond acceptors (Lipinski definition) is 3. The Labute approximate surface area is 108 Å². The largest absolute Gasteiger partial charge is 0.383 e. The lowest BCUT2D eigenvalue weighted by Gasteiger charge is -2.13. The summed E-state index contributed by atoms with van der Waals surface area (Å²) < 4.78 is 5.01. The number of guanidine groups is 1. The maximum Gasteiger partial charge on any atom is 0.189 e. The zero-order valence-corrected chi connectivity index (χ0v) is 11.5. The third-order valence-electron chi connectivity index (χ3n) is 2.63. The van der Waals surface area contributed by atoms with E-state index in [1.807, 2.05) is 32.9 Å². The van der Waals surface area contributed by atoms with Crippen molar-refractivity contribution in [3.8, 4) is 0 Å². The molecule has 1 rings (SSSR count). The second kappa shape index (κ2) is 6.96. The molecule has 0 aliphatic heterocycles. The van der Waals surface area contributed by atoms with Crippen molar-refractivity contribution < 1.29 is 4.74 Å². The van der Waals surface area contributed by atoms with Gasteiger partial charge in [0, 0.05) is 18.8 Å². The molecule has 1 atom stereocenters. The van der Waals surface area contributed by atoms with Gasteiger partial charge in [-0.15, -0.1) is 0 Å². The highest BCUT2D eigenvalue weighted by Crippen LogP contribution is 2.05. The molecule has 3 N–H and O–H groups in total. The molecule has 0 amide bonds. The van der Waals surface area contributed by atoms with Gasteiger partial charge in [-0.2, -0.15) is 0 Å². The van der Waals surface area contributed by atoms with Crippen LogP contribution in [0.15, 0.2) is 17.1 Å². The molecular weight excluding hydrogens is 228 g/mol. The van der Waals surface area contributed by atoms with Crippen LogP contribution in [-0.2, 0) is 11.3 Å². The molecule has 18 heavy (non-hydrogen) atoms. The van der Waals surface area contributed by atoms with E-state index in [1.54, 1.807) is 7.11 Å². The summed E-state index contributed by atoms with van der Waals surface area (Å²) in [6.45, 7) is 7.10. The molecule has 0 spiro atoms. The van der Waals surface area contributed by atoms with Gasteiger partial charge in [-0.05, 0) is 32.4 Å². The Morgan fingerprint density at radius 3 is 2.83 bits per heavy atom. The van der Waals surface area contributed by atoms with Gasteiger partial charge in [0.15, 0.2) is 5.96 Å². The summed E-state index contributed by atoms with van der Waals surface area (Å²) in [5.41, 5.74) is 8.91. The topological polar surface area (TPSA) is 72.5 Å². The highest BCUT2D eigenvalue weighted by atomic mass is 16.5. The van der Waals surface area contributed by atoms with Crippen LogP contribution in [0, 0.1) is 13.8 Å². The average Bonchev–Trinajstić information content (AvgIpc) is 2.31. The SMILES string of the molecule is COCC(C)NC(N)=NCc1ccc(C)c(C)n1. The second-order valence-electron chi connectivity index (χ2n) is 4.41. The minimum Gasteiger partial charge on any atom is -0.383 e. The summed E-state index contributed by atoms with van der Waals surface area (Å²) in [5, 5.41) is 3.05. The van der Waals surface area contributed by atoms with Gasteiger partial charge in [-0.1, -0.05) is 6.07 Å². The minimum absolute atomic E-state index is 0.145. The monoisotopic (exact) mass is 250 g/mol. The van der Waals surface area contributed by atoms with Gasteiger partial charge < -0.3 is 15.8 Å². The van der Waals surface area contributed by atoms with Crippen LogP contribution in [0.1, 0.15) is 23.9 Å². The summed E-state index contributed by atoms with van der Waals surface area (Å²) >= 11 is 0. The van der Waals surface area contributed by atoms with E-state index in [0.29, 0.717) is 19.1 Å². The quantitative estimate of drug-likeness (QED) is 0.607.